The van der Waals surface area contributed by atoms with Gasteiger partial charge >= 0.3 is 15.6 Å². The SMILES string of the molecule is COCCC[C@@]1(C)CC[C@H]2[C@@H]3CCc4cc(OS(=O)(=O)C(F)(F)F)ccc4[C@H]3CC[C@@]21C. The third-order valence-corrected chi connectivity index (χ3v) is 10.0. The Labute approximate surface area is 189 Å². The molecule has 0 spiro atoms. The standard InChI is InChI=1S/C24H33F3O4S/c1-22(11-4-14-30-3)12-10-21-20-7-5-16-15-17(31-32(28,29)24(25,26)27)6-8-18(16)19(20)9-13-23(21,22)2/h6,8,15,19-21H,4-5,7,9-14H2,1-3H3/t19-,20-,21+,22+,23+/m1/s1. The van der Waals surface area contributed by atoms with Gasteiger partial charge in [0, 0.05) is 13.7 Å². The molecular formula is C24H33F3O4S. The van der Waals surface area contributed by atoms with Gasteiger partial charge in [0.1, 0.15) is 5.75 Å². The largest absolute Gasteiger partial charge is 0.534 e. The minimum atomic E-state index is -5.65. The van der Waals surface area contributed by atoms with Crippen LogP contribution in [-0.2, 0) is 21.3 Å². The maximum Gasteiger partial charge on any atom is 0.534 e. The minimum Gasteiger partial charge on any atom is -0.385 e. The van der Waals surface area contributed by atoms with Gasteiger partial charge in [0.25, 0.3) is 0 Å². The van der Waals surface area contributed by atoms with E-state index in [9.17, 15) is 21.6 Å². The van der Waals surface area contributed by atoms with Crippen molar-refractivity contribution in [1.29, 1.82) is 0 Å². The van der Waals surface area contributed by atoms with Gasteiger partial charge in [0.15, 0.2) is 0 Å². The predicted octanol–water partition coefficient (Wildman–Crippen LogP) is 6.20. The van der Waals surface area contributed by atoms with Gasteiger partial charge in [-0.05, 0) is 103 Å². The Morgan fingerprint density at radius 1 is 1.12 bits per heavy atom. The monoisotopic (exact) mass is 474 g/mol. The maximum atomic E-state index is 12.7. The zero-order valence-corrected chi connectivity index (χ0v) is 19.8. The lowest BCUT2D eigenvalue weighted by Crippen LogP contribution is -2.46. The molecule has 0 amide bonds. The second-order valence-electron chi connectivity index (χ2n) is 10.4. The quantitative estimate of drug-likeness (QED) is 0.280. The van der Waals surface area contributed by atoms with Gasteiger partial charge in [-0.15, -0.1) is 0 Å². The van der Waals surface area contributed by atoms with Crippen LogP contribution in [0.2, 0.25) is 0 Å². The molecule has 32 heavy (non-hydrogen) atoms. The highest BCUT2D eigenvalue weighted by Gasteiger charge is 2.59. The number of halogens is 3. The summed E-state index contributed by atoms with van der Waals surface area (Å²) in [5.41, 5.74) is -2.74. The number of hydrogen-bond donors (Lipinski definition) is 0. The summed E-state index contributed by atoms with van der Waals surface area (Å²) >= 11 is 0. The Balaban J connectivity index is 1.54. The zero-order chi connectivity index (χ0) is 23.4. The van der Waals surface area contributed by atoms with Crippen molar-refractivity contribution in [2.75, 3.05) is 13.7 Å². The van der Waals surface area contributed by atoms with Crippen molar-refractivity contribution in [3.63, 3.8) is 0 Å². The maximum absolute atomic E-state index is 12.7. The van der Waals surface area contributed by atoms with Gasteiger partial charge in [-0.2, -0.15) is 21.6 Å². The van der Waals surface area contributed by atoms with E-state index in [2.05, 4.69) is 18.0 Å². The summed E-state index contributed by atoms with van der Waals surface area (Å²) in [6, 6.07) is 4.66. The first kappa shape index (κ1) is 23.9. The Hall–Kier alpha value is -1.28. The van der Waals surface area contributed by atoms with Crippen molar-refractivity contribution in [2.45, 2.75) is 76.6 Å². The van der Waals surface area contributed by atoms with E-state index in [-0.39, 0.29) is 5.75 Å². The smallest absolute Gasteiger partial charge is 0.385 e. The van der Waals surface area contributed by atoms with Crippen LogP contribution in [0.3, 0.4) is 0 Å². The summed E-state index contributed by atoms with van der Waals surface area (Å²) in [5.74, 6) is 1.33. The molecule has 3 aliphatic rings. The third-order valence-electron chi connectivity index (χ3n) is 9.04. The van der Waals surface area contributed by atoms with Crippen molar-refractivity contribution in [1.82, 2.24) is 0 Å². The molecule has 0 unspecified atom stereocenters. The molecule has 2 saturated carbocycles. The highest BCUT2D eigenvalue weighted by molar-refractivity contribution is 7.88. The summed E-state index contributed by atoms with van der Waals surface area (Å²) in [5, 5.41) is 0. The Morgan fingerprint density at radius 2 is 1.88 bits per heavy atom. The van der Waals surface area contributed by atoms with E-state index < -0.39 is 15.6 Å². The first-order chi connectivity index (χ1) is 14.9. The molecule has 0 saturated heterocycles. The Kier molecular flexibility index (Phi) is 6.11. The van der Waals surface area contributed by atoms with E-state index >= 15 is 0 Å². The van der Waals surface area contributed by atoms with Crippen molar-refractivity contribution in [3.05, 3.63) is 29.3 Å². The molecule has 180 valence electrons. The van der Waals surface area contributed by atoms with E-state index in [1.165, 1.54) is 31.4 Å². The molecule has 4 nitrogen and oxygen atoms in total. The fourth-order valence-electron chi connectivity index (χ4n) is 7.16. The molecule has 2 fully saturated rings. The average Bonchev–Trinajstić information content (AvgIpc) is 2.98. The van der Waals surface area contributed by atoms with E-state index in [4.69, 9.17) is 4.74 Å². The molecule has 8 heteroatoms. The number of fused-ring (bicyclic) bond motifs is 5. The van der Waals surface area contributed by atoms with E-state index in [0.29, 0.717) is 28.6 Å². The van der Waals surface area contributed by atoms with Gasteiger partial charge < -0.3 is 8.92 Å². The van der Waals surface area contributed by atoms with E-state index in [1.54, 1.807) is 13.2 Å². The molecule has 0 aliphatic heterocycles. The third kappa shape index (κ3) is 3.85. The van der Waals surface area contributed by atoms with E-state index in [1.807, 2.05) is 0 Å². The number of hydrogen-bond acceptors (Lipinski definition) is 4. The highest BCUT2D eigenvalue weighted by Crippen LogP contribution is 2.68. The highest BCUT2D eigenvalue weighted by atomic mass is 32.2. The molecule has 3 aliphatic carbocycles. The number of aryl methyl sites for hydroxylation is 1. The van der Waals surface area contributed by atoms with Crippen LogP contribution >= 0.6 is 0 Å². The number of benzene rings is 1. The van der Waals surface area contributed by atoms with Gasteiger partial charge in [0.2, 0.25) is 0 Å². The predicted molar refractivity (Wildman–Crippen MR) is 116 cm³/mol. The normalized spacial score (nSPS) is 34.5. The van der Waals surface area contributed by atoms with Crippen LogP contribution in [0.5, 0.6) is 5.75 Å². The zero-order valence-electron chi connectivity index (χ0n) is 19.0. The van der Waals surface area contributed by atoms with Crippen LogP contribution in [0.4, 0.5) is 13.2 Å². The average molecular weight is 475 g/mol. The number of rotatable bonds is 6. The van der Waals surface area contributed by atoms with Crippen LogP contribution in [-0.4, -0.2) is 27.6 Å². The van der Waals surface area contributed by atoms with Crippen LogP contribution < -0.4 is 4.18 Å². The number of ether oxygens (including phenoxy) is 1. The van der Waals surface area contributed by atoms with Gasteiger partial charge in [-0.25, -0.2) is 0 Å². The fraction of sp³-hybridized carbons (Fsp3) is 0.750. The summed E-state index contributed by atoms with van der Waals surface area (Å²) in [6.07, 6.45) is 8.64. The van der Waals surface area contributed by atoms with Gasteiger partial charge in [0.05, 0.1) is 0 Å². The lowest BCUT2D eigenvalue weighted by Gasteiger charge is -2.54. The lowest BCUT2D eigenvalue weighted by atomic mass is 9.50. The topological polar surface area (TPSA) is 52.6 Å². The Morgan fingerprint density at radius 3 is 2.56 bits per heavy atom. The van der Waals surface area contributed by atoms with Gasteiger partial charge in [-0.3, -0.25) is 0 Å². The van der Waals surface area contributed by atoms with Crippen LogP contribution in [0.1, 0.15) is 75.8 Å². The Bertz CT molecular complexity index is 960. The van der Waals surface area contributed by atoms with Crippen molar-refractivity contribution >= 4 is 10.1 Å². The molecule has 0 bridgehead atoms. The minimum absolute atomic E-state index is 0.258. The summed E-state index contributed by atoms with van der Waals surface area (Å²) in [6.45, 7) is 5.72. The molecule has 1 aromatic rings. The molecular weight excluding hydrogens is 441 g/mol. The summed E-state index contributed by atoms with van der Waals surface area (Å²) < 4.78 is 70.5. The van der Waals surface area contributed by atoms with Crippen LogP contribution in [0, 0.1) is 22.7 Å². The van der Waals surface area contributed by atoms with Crippen LogP contribution in [0.25, 0.3) is 0 Å². The van der Waals surface area contributed by atoms with Crippen molar-refractivity contribution in [3.8, 4) is 5.75 Å². The second-order valence-corrected chi connectivity index (χ2v) is 11.9. The molecule has 1 aromatic carbocycles. The number of alkyl halides is 3. The first-order valence-electron chi connectivity index (χ1n) is 11.5. The summed E-state index contributed by atoms with van der Waals surface area (Å²) in [4.78, 5) is 0. The van der Waals surface area contributed by atoms with Gasteiger partial charge in [-0.1, -0.05) is 19.9 Å². The number of methoxy groups -OCH3 is 1. The second kappa shape index (κ2) is 8.19. The summed E-state index contributed by atoms with van der Waals surface area (Å²) in [7, 11) is -3.90. The van der Waals surface area contributed by atoms with Crippen molar-refractivity contribution in [2.24, 2.45) is 22.7 Å². The fourth-order valence-corrected chi connectivity index (χ4v) is 7.61. The molecule has 0 radical (unpaired) electrons. The first-order valence-corrected chi connectivity index (χ1v) is 13.0. The van der Waals surface area contributed by atoms with E-state index in [0.717, 1.165) is 49.8 Å². The molecule has 0 N–H and O–H groups in total. The van der Waals surface area contributed by atoms with Crippen molar-refractivity contribution < 1.29 is 30.5 Å². The molecule has 5 atom stereocenters. The molecule has 0 aromatic heterocycles. The molecule has 4 rings (SSSR count). The van der Waals surface area contributed by atoms with Crippen LogP contribution in [0.15, 0.2) is 18.2 Å². The lowest BCUT2D eigenvalue weighted by molar-refractivity contribution is -0.0500. The molecule has 0 heterocycles.